The second kappa shape index (κ2) is 44.5. The first-order valence-corrected chi connectivity index (χ1v) is 53.6. The van der Waals surface area contributed by atoms with Crippen molar-refractivity contribution in [2.75, 3.05) is 78.5 Å². The predicted molar refractivity (Wildman–Crippen MR) is 525 cm³/mol. The second-order valence-electron chi connectivity index (χ2n) is 48.6. The summed E-state index contributed by atoms with van der Waals surface area (Å²) >= 11 is 0. The van der Waals surface area contributed by atoms with E-state index in [-0.39, 0.29) is 96.8 Å². The maximum atomic E-state index is 13.4. The minimum Gasteiger partial charge on any atom is -0.342 e. The number of alkyl halides is 14. The van der Waals surface area contributed by atoms with E-state index < -0.39 is 81.8 Å². The molecule has 12 heterocycles. The molecule has 0 bridgehead atoms. The maximum absolute atomic E-state index is 13.4. The van der Waals surface area contributed by atoms with Crippen molar-refractivity contribution >= 4 is 35.4 Å². The summed E-state index contributed by atoms with van der Waals surface area (Å²) in [7, 11) is 0. The number of piperidine rings is 6. The molecule has 0 aromatic carbocycles. The Labute approximate surface area is 851 Å². The Balaban J connectivity index is 0.000000147. The smallest absolute Gasteiger partial charge is 0.342 e. The Morgan fingerprint density at radius 1 is 0.315 bits per heavy atom. The van der Waals surface area contributed by atoms with Crippen LogP contribution in [0.4, 0.5) is 61.5 Å². The molecule has 146 heavy (non-hydrogen) atoms. The summed E-state index contributed by atoms with van der Waals surface area (Å²) in [6.45, 7) is 43.2. The van der Waals surface area contributed by atoms with E-state index in [1.54, 1.807) is 4.90 Å². The van der Waals surface area contributed by atoms with Gasteiger partial charge < -0.3 is 29.4 Å². The lowest BCUT2D eigenvalue weighted by Gasteiger charge is -2.47. The van der Waals surface area contributed by atoms with Gasteiger partial charge in [0.2, 0.25) is 35.4 Å². The van der Waals surface area contributed by atoms with Gasteiger partial charge in [0.15, 0.2) is 0 Å². The number of carbonyl (C=O) groups is 6. The van der Waals surface area contributed by atoms with Gasteiger partial charge in [-0.3, -0.25) is 56.9 Å². The molecule has 6 saturated carbocycles. The lowest BCUT2D eigenvalue weighted by molar-refractivity contribution is -0.250. The van der Waals surface area contributed by atoms with Crippen LogP contribution >= 0.6 is 0 Å². The number of hydrogen-bond acceptors (Lipinski definition) is 13. The first-order valence-electron chi connectivity index (χ1n) is 53.6. The Bertz CT molecular complexity index is 5330. The van der Waals surface area contributed by atoms with Gasteiger partial charge in [-0.05, 0) is 270 Å². The highest BCUT2D eigenvalue weighted by Crippen LogP contribution is 2.62. The third-order valence-electron chi connectivity index (χ3n) is 33.5. The summed E-state index contributed by atoms with van der Waals surface area (Å²) < 4.78 is 197. The minimum absolute atomic E-state index is 0.0475. The van der Waals surface area contributed by atoms with Crippen molar-refractivity contribution in [2.45, 2.75) is 389 Å². The monoisotopic (exact) mass is 2070 g/mol. The molecule has 0 N–H and O–H groups in total. The van der Waals surface area contributed by atoms with E-state index in [1.165, 1.54) is 47.4 Å². The predicted octanol–water partition coefficient (Wildman–Crippen LogP) is 21.6. The SMILES string of the molecule is CC(C)Cc1cnn(C2(C)CCN(C(=O)C3(C(F)(F)F)CC3)CC2)c1.CC(C)Cc1cnn(C2(C)CCN(C(=O)C3(C(F)(F)F)CCC3)CC2)c1.CC(C)Cc1cnn(C2(C)CCN(C(=O)C3(C(F)F)CC3)CC2)c1.CC(C)Cc1cnn(C2CCN(C(=O)C3(C(F)(F)F)CC3)CC2)c1.CC(C)Cc1cnn(C2CCN(C(=O)C3(C(F)(F)F)CCC3)CC2)c1.CC(C)Cn1cc(C2(C)CCN(C(=O)C3(C)CC3)CC2)nn1. The summed E-state index contributed by atoms with van der Waals surface area (Å²) in [5.74, 6) is 0.460. The summed E-state index contributed by atoms with van der Waals surface area (Å²) in [5.41, 5.74) is -3.44. The van der Waals surface area contributed by atoms with E-state index in [4.69, 9.17) is 0 Å². The number of rotatable bonds is 25. The highest BCUT2D eigenvalue weighted by atomic mass is 19.4. The van der Waals surface area contributed by atoms with Crippen molar-refractivity contribution in [1.82, 2.24) is 93.3 Å². The molecule has 0 atom stereocenters. The van der Waals surface area contributed by atoms with Crippen molar-refractivity contribution in [3.05, 3.63) is 102 Å². The number of halogens is 14. The molecule has 0 unspecified atom stereocenters. The zero-order valence-electron chi connectivity index (χ0n) is 88.9. The highest BCUT2D eigenvalue weighted by Gasteiger charge is 2.72. The lowest BCUT2D eigenvalue weighted by atomic mass is 9.66. The molecule has 18 rings (SSSR count). The second-order valence-corrected chi connectivity index (χ2v) is 48.6. The highest BCUT2D eigenvalue weighted by molar-refractivity contribution is 5.89. The number of likely N-dealkylation sites (tertiary alicyclic amines) is 6. The molecule has 6 saturated heterocycles. The molecule has 816 valence electrons. The molecule has 0 spiro atoms. The van der Waals surface area contributed by atoms with Gasteiger partial charge in [0.25, 0.3) is 6.43 Å². The van der Waals surface area contributed by atoms with Crippen molar-refractivity contribution < 1.29 is 90.2 Å². The molecule has 6 amide bonds. The van der Waals surface area contributed by atoms with Crippen LogP contribution in [-0.4, -0.2) is 238 Å². The van der Waals surface area contributed by atoms with Gasteiger partial charge in [-0.15, -0.1) is 5.10 Å². The molecule has 6 aliphatic heterocycles. The quantitative estimate of drug-likeness (QED) is 0.0485. The van der Waals surface area contributed by atoms with Crippen molar-refractivity contribution in [3.63, 3.8) is 0 Å². The van der Waals surface area contributed by atoms with Crippen LogP contribution in [0, 0.1) is 68.0 Å². The van der Waals surface area contributed by atoms with Gasteiger partial charge in [-0.25, -0.2) is 8.78 Å². The van der Waals surface area contributed by atoms with Gasteiger partial charge in [0, 0.05) is 133 Å². The van der Waals surface area contributed by atoms with E-state index in [0.29, 0.717) is 184 Å². The fourth-order valence-corrected chi connectivity index (χ4v) is 22.2. The fraction of sp³-hybridized carbons (Fsp3) is 0.785. The molecule has 25 nitrogen and oxygen atoms in total. The number of aromatic nitrogens is 13. The Morgan fingerprint density at radius 3 is 0.836 bits per heavy atom. The van der Waals surface area contributed by atoms with Gasteiger partial charge in [-0.1, -0.05) is 115 Å². The van der Waals surface area contributed by atoms with E-state index in [0.717, 1.165) is 96.0 Å². The third kappa shape index (κ3) is 25.7. The Kier molecular flexibility index (Phi) is 34.8. The van der Waals surface area contributed by atoms with Gasteiger partial charge in [0.1, 0.15) is 27.1 Å². The molecule has 12 fully saturated rings. The molecular formula is C107H159F14N19O6. The summed E-state index contributed by atoms with van der Waals surface area (Å²) in [6.07, 6.45) is 18.0. The molecule has 39 heteroatoms. The van der Waals surface area contributed by atoms with Crippen LogP contribution in [0.3, 0.4) is 0 Å². The fourth-order valence-electron chi connectivity index (χ4n) is 22.2. The van der Waals surface area contributed by atoms with Crippen LogP contribution in [-0.2, 0) is 89.4 Å². The normalized spacial score (nSPS) is 22.1. The van der Waals surface area contributed by atoms with E-state index >= 15 is 0 Å². The molecule has 6 aromatic rings. The van der Waals surface area contributed by atoms with E-state index in [2.05, 4.69) is 171 Å². The standard InChI is InChI=1S/C19H28F3N3O.2C18H26F3N3O.C18H27F2N3O.C17H24F3N3O.C17H28N4O/c1-14(2)11-15-12-23-25(13-15)17(3)7-9-24(10-8-17)16(26)18(5-4-6-18)19(20,21)22;1-13(2)10-14-11-22-24(12-14)15-4-8-23(9-5-15)16(25)17(6-3-7-17)18(19,20)21;1-13(2)10-14-11-22-24(12-14)16(3)6-8-23(9-7-16)15(25)17(4-5-17)18(19,20)21;1-13(2)10-14-11-21-23(12-14)17(3)6-8-22(9-7-17)16(24)18(4-5-18)15(19)20;1-12(2)9-13-10-21-23(11-13)14-3-7-22(8-4-14)15(24)16(5-6-16)17(18,19)20;1-13(2)11-21-12-14(18-19-21)16(3)7-9-20(10-8-16)15(22)17(4)5-6-17/h12-14H,4-11H2,1-3H3;11-13,15H,3-10H2,1-2H3;11-13H,4-10H2,1-3H3;11-13,15H,4-10H2,1-3H3;10-12,14H,3-9H2,1-2H3;12-13H,5-11H2,1-4H3. The Hall–Kier alpha value is -8.97. The molecular weight excluding hydrogens is 1910 g/mol. The third-order valence-corrected chi connectivity index (χ3v) is 33.5. The molecule has 6 aliphatic carbocycles. The topological polar surface area (TPSA) is 242 Å². The molecule has 6 aromatic heterocycles. The van der Waals surface area contributed by atoms with Crippen molar-refractivity contribution in [1.29, 1.82) is 0 Å². The molecule has 0 radical (unpaired) electrons. The summed E-state index contributed by atoms with van der Waals surface area (Å²) in [6, 6.07) is 0.323. The number of amides is 6. The van der Waals surface area contributed by atoms with Crippen LogP contribution < -0.4 is 0 Å². The van der Waals surface area contributed by atoms with Crippen LogP contribution in [0.2, 0.25) is 0 Å². The maximum Gasteiger partial charge on any atom is 0.403 e. The number of nitrogens with zero attached hydrogens (tertiary/aromatic N) is 19. The zero-order valence-corrected chi connectivity index (χ0v) is 88.9. The largest absolute Gasteiger partial charge is 0.403 e. The van der Waals surface area contributed by atoms with Crippen LogP contribution in [0.15, 0.2) is 68.2 Å². The van der Waals surface area contributed by atoms with E-state index in [1.807, 2.05) is 83.9 Å². The van der Waals surface area contributed by atoms with Gasteiger partial charge >= 0.3 is 24.7 Å². The van der Waals surface area contributed by atoms with E-state index in [9.17, 15) is 90.2 Å². The van der Waals surface area contributed by atoms with Crippen LogP contribution in [0.5, 0.6) is 0 Å². The first-order chi connectivity index (χ1) is 68.2. The zero-order chi connectivity index (χ0) is 107. The van der Waals surface area contributed by atoms with Gasteiger partial charge in [-0.2, -0.15) is 78.2 Å². The molecule has 12 aliphatic rings. The lowest BCUT2D eigenvalue weighted by Crippen LogP contribution is -2.58. The Morgan fingerprint density at radius 2 is 0.582 bits per heavy atom. The van der Waals surface area contributed by atoms with Crippen LogP contribution in [0.1, 0.15) is 330 Å². The minimum atomic E-state index is -4.45. The average molecular weight is 2070 g/mol. The summed E-state index contributed by atoms with van der Waals surface area (Å²) in [4.78, 5) is 84.0. The summed E-state index contributed by atoms with van der Waals surface area (Å²) in [5, 5.41) is 30.9. The average Bonchev–Trinajstić information content (AvgIpc) is 1.36. The van der Waals surface area contributed by atoms with Crippen molar-refractivity contribution in [3.8, 4) is 0 Å². The number of carbonyl (C=O) groups excluding carboxylic acids is 6. The van der Waals surface area contributed by atoms with Crippen LogP contribution in [0.25, 0.3) is 0 Å². The number of hydrogen-bond donors (Lipinski definition) is 0. The first kappa shape index (κ1) is 114. The van der Waals surface area contributed by atoms with Crippen molar-refractivity contribution in [2.24, 2.45) is 68.0 Å². The van der Waals surface area contributed by atoms with Gasteiger partial charge in [0.05, 0.1) is 65.4 Å².